The Bertz CT molecular complexity index is 471. The van der Waals surface area contributed by atoms with Crippen LogP contribution in [-0.2, 0) is 10.0 Å². The van der Waals surface area contributed by atoms with E-state index in [-0.39, 0.29) is 10.7 Å². The molecule has 1 rings (SSSR count). The molecule has 0 radical (unpaired) electrons. The summed E-state index contributed by atoms with van der Waals surface area (Å²) in [4.78, 5) is 3.89. The molecule has 0 fully saturated rings. The van der Waals surface area contributed by atoms with Gasteiger partial charge in [0.15, 0.2) is 0 Å². The molecule has 0 bridgehead atoms. The van der Waals surface area contributed by atoms with Gasteiger partial charge in [-0.2, -0.15) is 0 Å². The molecule has 0 saturated carbocycles. The molecule has 0 unspecified atom stereocenters. The number of sulfonamides is 1. The van der Waals surface area contributed by atoms with Gasteiger partial charge in [0, 0.05) is 6.20 Å². The van der Waals surface area contributed by atoms with Crippen LogP contribution >= 0.6 is 12.2 Å². The summed E-state index contributed by atoms with van der Waals surface area (Å²) >= 11 is 4.54. The van der Waals surface area contributed by atoms with Crippen LogP contribution in [-0.4, -0.2) is 24.1 Å². The molecule has 82 valence electrons. The lowest BCUT2D eigenvalue weighted by Gasteiger charge is -2.08. The molecule has 0 atom stereocenters. The Morgan fingerprint density at radius 3 is 2.87 bits per heavy atom. The molecule has 0 aliphatic rings. The highest BCUT2D eigenvalue weighted by Crippen LogP contribution is 2.12. The number of hydrogen-bond acceptors (Lipinski definition) is 4. The van der Waals surface area contributed by atoms with Gasteiger partial charge >= 0.3 is 0 Å². The van der Waals surface area contributed by atoms with E-state index in [9.17, 15) is 8.42 Å². The lowest BCUT2D eigenvalue weighted by Crippen LogP contribution is -2.26. The first kappa shape index (κ1) is 11.9. The number of nitrogens with one attached hydrogen (secondary N) is 1. The van der Waals surface area contributed by atoms with Gasteiger partial charge in [-0.15, -0.1) is 0 Å². The molecule has 0 amide bonds. The topological polar surface area (TPSA) is 85.1 Å². The highest BCUT2D eigenvalue weighted by Gasteiger charge is 2.12. The van der Waals surface area contributed by atoms with Gasteiger partial charge in [-0.25, -0.2) is 8.42 Å². The first-order valence-corrected chi connectivity index (χ1v) is 6.17. The van der Waals surface area contributed by atoms with Gasteiger partial charge in [0.25, 0.3) is 0 Å². The zero-order chi connectivity index (χ0) is 11.5. The highest BCUT2D eigenvalue weighted by atomic mass is 32.2. The van der Waals surface area contributed by atoms with Crippen molar-refractivity contribution in [1.82, 2.24) is 4.98 Å². The Balaban J connectivity index is 2.87. The van der Waals surface area contributed by atoms with Gasteiger partial charge in [0.1, 0.15) is 5.75 Å². The minimum absolute atomic E-state index is 0.0657. The number of hydrogen-bond donors (Lipinski definition) is 2. The van der Waals surface area contributed by atoms with E-state index in [0.29, 0.717) is 11.4 Å². The van der Waals surface area contributed by atoms with Crippen LogP contribution in [0, 0.1) is 6.92 Å². The van der Waals surface area contributed by atoms with E-state index in [1.165, 1.54) is 0 Å². The summed E-state index contributed by atoms with van der Waals surface area (Å²) in [6.45, 7) is 1.71. The normalized spacial score (nSPS) is 11.0. The Morgan fingerprint density at radius 2 is 2.33 bits per heavy atom. The van der Waals surface area contributed by atoms with Crippen molar-refractivity contribution < 1.29 is 8.42 Å². The van der Waals surface area contributed by atoms with E-state index in [4.69, 9.17) is 5.73 Å². The number of aryl methyl sites for hydroxylation is 1. The zero-order valence-corrected chi connectivity index (χ0v) is 9.73. The van der Waals surface area contributed by atoms with Crippen LogP contribution in [0.15, 0.2) is 18.3 Å². The fraction of sp³-hybridized carbons (Fsp3) is 0.250. The van der Waals surface area contributed by atoms with Crippen molar-refractivity contribution in [2.45, 2.75) is 6.92 Å². The molecule has 1 aromatic rings. The van der Waals surface area contributed by atoms with Crippen molar-refractivity contribution in [3.8, 4) is 0 Å². The van der Waals surface area contributed by atoms with E-state index in [1.807, 2.05) is 0 Å². The number of pyridine rings is 1. The fourth-order valence-electron chi connectivity index (χ4n) is 0.983. The molecule has 0 spiro atoms. The van der Waals surface area contributed by atoms with Crippen LogP contribution in [0.3, 0.4) is 0 Å². The Hall–Kier alpha value is -1.21. The number of nitrogens with two attached hydrogens (primary N) is 1. The largest absolute Gasteiger partial charge is 0.392 e. The van der Waals surface area contributed by atoms with Crippen molar-refractivity contribution in [2.24, 2.45) is 5.73 Å². The van der Waals surface area contributed by atoms with Gasteiger partial charge in [0.05, 0.1) is 16.4 Å². The predicted octanol–water partition coefficient (Wildman–Crippen LogP) is 0.418. The van der Waals surface area contributed by atoms with E-state index in [0.717, 1.165) is 0 Å². The summed E-state index contributed by atoms with van der Waals surface area (Å²) in [5.41, 5.74) is 6.21. The van der Waals surface area contributed by atoms with E-state index >= 15 is 0 Å². The van der Waals surface area contributed by atoms with Crippen molar-refractivity contribution >= 4 is 32.9 Å². The lowest BCUT2D eigenvalue weighted by atomic mass is 10.3. The predicted molar refractivity (Wildman–Crippen MR) is 63.2 cm³/mol. The maximum absolute atomic E-state index is 11.5. The number of nitrogens with zero attached hydrogens (tertiary/aromatic N) is 1. The van der Waals surface area contributed by atoms with E-state index in [1.54, 1.807) is 25.3 Å². The van der Waals surface area contributed by atoms with E-state index < -0.39 is 10.0 Å². The monoisotopic (exact) mass is 245 g/mol. The third kappa shape index (κ3) is 3.80. The zero-order valence-electron chi connectivity index (χ0n) is 8.10. The van der Waals surface area contributed by atoms with Crippen LogP contribution in [0.4, 0.5) is 5.69 Å². The lowest BCUT2D eigenvalue weighted by molar-refractivity contribution is 0.605. The molecule has 7 heteroatoms. The third-order valence-electron chi connectivity index (χ3n) is 1.60. The molecule has 1 aromatic heterocycles. The average molecular weight is 245 g/mol. The van der Waals surface area contributed by atoms with Crippen molar-refractivity contribution in [3.05, 3.63) is 24.0 Å². The maximum atomic E-state index is 11.5. The SMILES string of the molecule is Cc1ncccc1NS(=O)(=O)CC(N)=S. The molecular weight excluding hydrogens is 234 g/mol. The van der Waals surface area contributed by atoms with Crippen LogP contribution in [0.2, 0.25) is 0 Å². The number of aromatic nitrogens is 1. The maximum Gasteiger partial charge on any atom is 0.239 e. The molecule has 0 aromatic carbocycles. The summed E-state index contributed by atoms with van der Waals surface area (Å²) in [6, 6.07) is 3.27. The molecule has 15 heavy (non-hydrogen) atoms. The Labute approximate surface area is 93.8 Å². The van der Waals surface area contributed by atoms with Crippen molar-refractivity contribution in [3.63, 3.8) is 0 Å². The summed E-state index contributed by atoms with van der Waals surface area (Å²) < 4.78 is 25.3. The molecule has 0 aliphatic carbocycles. The van der Waals surface area contributed by atoms with Gasteiger partial charge in [0.2, 0.25) is 10.0 Å². The fourth-order valence-corrected chi connectivity index (χ4v) is 2.45. The van der Waals surface area contributed by atoms with Crippen molar-refractivity contribution in [1.29, 1.82) is 0 Å². The van der Waals surface area contributed by atoms with Crippen molar-refractivity contribution in [2.75, 3.05) is 10.5 Å². The van der Waals surface area contributed by atoms with Gasteiger partial charge < -0.3 is 5.73 Å². The van der Waals surface area contributed by atoms with Crippen LogP contribution in [0.25, 0.3) is 0 Å². The second kappa shape index (κ2) is 4.54. The molecule has 0 saturated heterocycles. The number of thiocarbonyl (C=S) groups is 1. The first-order chi connectivity index (χ1) is 6.91. The minimum atomic E-state index is -3.51. The van der Waals surface area contributed by atoms with Gasteiger partial charge in [-0.3, -0.25) is 9.71 Å². The van der Waals surface area contributed by atoms with Gasteiger partial charge in [-0.05, 0) is 19.1 Å². The Kier molecular flexibility index (Phi) is 3.59. The summed E-state index contributed by atoms with van der Waals surface area (Å²) in [5.74, 6) is -0.364. The second-order valence-corrected chi connectivity index (χ2v) is 5.21. The number of rotatable bonds is 4. The number of anilines is 1. The summed E-state index contributed by atoms with van der Waals surface area (Å²) in [7, 11) is -3.51. The average Bonchev–Trinajstić information content (AvgIpc) is 2.06. The first-order valence-electron chi connectivity index (χ1n) is 4.11. The molecule has 0 aliphatic heterocycles. The highest BCUT2D eigenvalue weighted by molar-refractivity contribution is 7.95. The Morgan fingerprint density at radius 1 is 1.67 bits per heavy atom. The quantitative estimate of drug-likeness (QED) is 0.751. The van der Waals surface area contributed by atoms with Crippen LogP contribution < -0.4 is 10.5 Å². The summed E-state index contributed by atoms with van der Waals surface area (Å²) in [5, 5.41) is 0. The minimum Gasteiger partial charge on any atom is -0.392 e. The smallest absolute Gasteiger partial charge is 0.239 e. The standard InChI is InChI=1S/C8H11N3O2S2/c1-6-7(3-2-4-10-6)11-15(12,13)5-8(9)14/h2-4,11H,5H2,1H3,(H2,9,14). The van der Waals surface area contributed by atoms with E-state index in [2.05, 4.69) is 21.9 Å². The van der Waals surface area contributed by atoms with Crippen LogP contribution in [0.1, 0.15) is 5.69 Å². The molecule has 5 nitrogen and oxygen atoms in total. The van der Waals surface area contributed by atoms with Gasteiger partial charge in [-0.1, -0.05) is 12.2 Å². The summed E-state index contributed by atoms with van der Waals surface area (Å²) in [6.07, 6.45) is 1.58. The third-order valence-corrected chi connectivity index (χ3v) is 3.15. The molecular formula is C8H11N3O2S2. The van der Waals surface area contributed by atoms with Crippen LogP contribution in [0.5, 0.6) is 0 Å². The molecule has 3 N–H and O–H groups in total. The second-order valence-electron chi connectivity index (χ2n) is 2.96. The molecule has 1 heterocycles.